The summed E-state index contributed by atoms with van der Waals surface area (Å²) in [6, 6.07) is 6.41. The average Bonchev–Trinajstić information content (AvgIpc) is 2.38. The van der Waals surface area contributed by atoms with Gasteiger partial charge in [0.05, 0.1) is 4.92 Å². The lowest BCUT2D eigenvalue weighted by atomic mass is 9.94. The van der Waals surface area contributed by atoms with Gasteiger partial charge in [-0.3, -0.25) is 15.0 Å². The van der Waals surface area contributed by atoms with Crippen molar-refractivity contribution in [2.75, 3.05) is 6.54 Å². The van der Waals surface area contributed by atoms with Gasteiger partial charge in [-0.15, -0.1) is 0 Å². The molecule has 1 heterocycles. The predicted molar refractivity (Wildman–Crippen MR) is 79.6 cm³/mol. The van der Waals surface area contributed by atoms with Crippen LogP contribution in [0.5, 0.6) is 0 Å². The van der Waals surface area contributed by atoms with Gasteiger partial charge < -0.3 is 5.73 Å². The van der Waals surface area contributed by atoms with Crippen LogP contribution in [0.2, 0.25) is 0 Å². The van der Waals surface area contributed by atoms with Gasteiger partial charge in [0.15, 0.2) is 0 Å². The molecule has 2 N–H and O–H groups in total. The molecule has 1 aliphatic rings. The molecule has 0 saturated carbocycles. The lowest BCUT2D eigenvalue weighted by Crippen LogP contribution is -2.46. The molecule has 20 heavy (non-hydrogen) atoms. The summed E-state index contributed by atoms with van der Waals surface area (Å²) in [5.74, 6) is 0. The summed E-state index contributed by atoms with van der Waals surface area (Å²) < 4.78 is 0. The summed E-state index contributed by atoms with van der Waals surface area (Å²) in [5.41, 5.74) is 7.91. The molecule has 3 unspecified atom stereocenters. The zero-order valence-corrected chi connectivity index (χ0v) is 12.4. The molecule has 2 rings (SSSR count). The molecule has 0 aromatic heterocycles. The number of rotatable bonds is 3. The highest BCUT2D eigenvalue weighted by Gasteiger charge is 2.28. The van der Waals surface area contributed by atoms with Gasteiger partial charge in [-0.2, -0.15) is 0 Å². The summed E-state index contributed by atoms with van der Waals surface area (Å²) in [5, 5.41) is 11.1. The van der Waals surface area contributed by atoms with Crippen LogP contribution in [0.15, 0.2) is 18.2 Å². The van der Waals surface area contributed by atoms with Crippen LogP contribution in [0.4, 0.5) is 5.69 Å². The Kier molecular flexibility index (Phi) is 4.40. The van der Waals surface area contributed by atoms with Crippen molar-refractivity contribution in [3.8, 4) is 0 Å². The molecule has 5 heteroatoms. The number of nitrogens with zero attached hydrogens (tertiary/aromatic N) is 2. The molecule has 0 aliphatic carbocycles. The van der Waals surface area contributed by atoms with E-state index in [0.29, 0.717) is 11.6 Å². The van der Waals surface area contributed by atoms with Crippen molar-refractivity contribution in [3.63, 3.8) is 0 Å². The van der Waals surface area contributed by atoms with Gasteiger partial charge in [-0.25, -0.2) is 0 Å². The fourth-order valence-corrected chi connectivity index (χ4v) is 3.08. The third kappa shape index (κ3) is 2.99. The summed E-state index contributed by atoms with van der Waals surface area (Å²) in [4.78, 5) is 13.1. The first kappa shape index (κ1) is 14.9. The number of benzene rings is 1. The van der Waals surface area contributed by atoms with Crippen molar-refractivity contribution >= 4 is 5.69 Å². The second-order valence-corrected chi connectivity index (χ2v) is 5.85. The van der Waals surface area contributed by atoms with E-state index in [9.17, 15) is 10.1 Å². The predicted octanol–water partition coefficient (Wildman–Crippen LogP) is 2.78. The highest BCUT2D eigenvalue weighted by molar-refractivity contribution is 5.43. The average molecular weight is 277 g/mol. The summed E-state index contributed by atoms with van der Waals surface area (Å²) in [7, 11) is 0. The Morgan fingerprint density at radius 2 is 2.20 bits per heavy atom. The van der Waals surface area contributed by atoms with Crippen LogP contribution in [0.1, 0.15) is 43.9 Å². The van der Waals surface area contributed by atoms with Crippen LogP contribution in [-0.2, 0) is 0 Å². The summed E-state index contributed by atoms with van der Waals surface area (Å²) >= 11 is 0. The summed E-state index contributed by atoms with van der Waals surface area (Å²) in [6.45, 7) is 7.01. The highest BCUT2D eigenvalue weighted by atomic mass is 16.6. The van der Waals surface area contributed by atoms with Crippen molar-refractivity contribution in [1.29, 1.82) is 0 Å². The zero-order valence-electron chi connectivity index (χ0n) is 12.4. The van der Waals surface area contributed by atoms with Crippen molar-refractivity contribution in [3.05, 3.63) is 39.4 Å². The topological polar surface area (TPSA) is 72.4 Å². The number of likely N-dealkylation sites (tertiary alicyclic amines) is 1. The Morgan fingerprint density at radius 1 is 1.50 bits per heavy atom. The van der Waals surface area contributed by atoms with E-state index in [1.54, 1.807) is 13.0 Å². The smallest absolute Gasteiger partial charge is 0.272 e. The van der Waals surface area contributed by atoms with Crippen LogP contribution >= 0.6 is 0 Å². The fourth-order valence-electron chi connectivity index (χ4n) is 3.08. The Bertz CT molecular complexity index is 504. The van der Waals surface area contributed by atoms with Gasteiger partial charge in [0, 0.05) is 36.3 Å². The molecule has 0 spiro atoms. The number of hydrogen-bond donors (Lipinski definition) is 1. The van der Waals surface area contributed by atoms with Crippen molar-refractivity contribution in [2.24, 2.45) is 5.73 Å². The molecule has 0 radical (unpaired) electrons. The Labute approximate surface area is 119 Å². The van der Waals surface area contributed by atoms with Crippen molar-refractivity contribution < 1.29 is 4.92 Å². The molecule has 0 amide bonds. The van der Waals surface area contributed by atoms with E-state index in [1.165, 1.54) is 0 Å². The van der Waals surface area contributed by atoms with Gasteiger partial charge in [0.25, 0.3) is 5.69 Å². The lowest BCUT2D eigenvalue weighted by Gasteiger charge is -2.40. The number of nitrogens with two attached hydrogens (primary N) is 1. The molecule has 1 aromatic carbocycles. The van der Waals surface area contributed by atoms with E-state index in [2.05, 4.69) is 18.7 Å². The number of piperidine rings is 1. The monoisotopic (exact) mass is 277 g/mol. The van der Waals surface area contributed by atoms with Crippen LogP contribution in [0.3, 0.4) is 0 Å². The van der Waals surface area contributed by atoms with Crippen molar-refractivity contribution in [2.45, 2.75) is 51.7 Å². The Morgan fingerprint density at radius 3 is 2.80 bits per heavy atom. The first-order chi connectivity index (χ1) is 9.40. The first-order valence-electron chi connectivity index (χ1n) is 7.16. The molecule has 110 valence electrons. The highest BCUT2D eigenvalue weighted by Crippen LogP contribution is 2.30. The maximum absolute atomic E-state index is 11.1. The molecule has 1 saturated heterocycles. The quantitative estimate of drug-likeness (QED) is 0.681. The van der Waals surface area contributed by atoms with Gasteiger partial charge in [-0.05, 0) is 39.2 Å². The van der Waals surface area contributed by atoms with Gasteiger partial charge in [-0.1, -0.05) is 12.1 Å². The van der Waals surface area contributed by atoms with Crippen LogP contribution in [0, 0.1) is 17.0 Å². The molecular weight excluding hydrogens is 254 g/mol. The van der Waals surface area contributed by atoms with E-state index in [0.717, 1.165) is 24.9 Å². The van der Waals surface area contributed by atoms with E-state index in [4.69, 9.17) is 5.73 Å². The first-order valence-corrected chi connectivity index (χ1v) is 7.16. The summed E-state index contributed by atoms with van der Waals surface area (Å²) in [6.07, 6.45) is 1.97. The lowest BCUT2D eigenvalue weighted by molar-refractivity contribution is -0.385. The van der Waals surface area contributed by atoms with Crippen LogP contribution in [-0.4, -0.2) is 28.5 Å². The largest absolute Gasteiger partial charge is 0.328 e. The third-order valence-corrected chi connectivity index (χ3v) is 4.38. The second kappa shape index (κ2) is 5.89. The van der Waals surface area contributed by atoms with Gasteiger partial charge >= 0.3 is 0 Å². The maximum Gasteiger partial charge on any atom is 0.272 e. The van der Waals surface area contributed by atoms with Gasteiger partial charge in [0.1, 0.15) is 0 Å². The van der Waals surface area contributed by atoms with Gasteiger partial charge in [0.2, 0.25) is 0 Å². The molecule has 1 aromatic rings. The molecule has 5 nitrogen and oxygen atoms in total. The van der Waals surface area contributed by atoms with Crippen LogP contribution < -0.4 is 5.73 Å². The zero-order chi connectivity index (χ0) is 14.9. The fraction of sp³-hybridized carbons (Fsp3) is 0.600. The second-order valence-electron chi connectivity index (χ2n) is 5.85. The third-order valence-electron chi connectivity index (χ3n) is 4.38. The number of nitro groups is 1. The van der Waals surface area contributed by atoms with E-state index >= 15 is 0 Å². The minimum absolute atomic E-state index is 0.178. The van der Waals surface area contributed by atoms with Crippen LogP contribution in [0.25, 0.3) is 0 Å². The normalized spacial score (nSPS) is 25.4. The molecule has 3 atom stereocenters. The van der Waals surface area contributed by atoms with E-state index < -0.39 is 0 Å². The molecule has 0 bridgehead atoms. The van der Waals surface area contributed by atoms with Crippen molar-refractivity contribution in [1.82, 2.24) is 4.90 Å². The number of nitro benzene ring substituents is 1. The number of aryl methyl sites for hydroxylation is 1. The Balaban J connectivity index is 2.22. The standard InChI is InChI=1S/C15H23N3O2/c1-10-4-5-13(9-15(10)18(19)20)12(3)17-7-6-14(16)8-11(17)2/h4-5,9,11-12,14H,6-8,16H2,1-3H3. The maximum atomic E-state index is 11.1. The Hall–Kier alpha value is -1.46. The molecular formula is C15H23N3O2. The number of hydrogen-bond acceptors (Lipinski definition) is 4. The SMILES string of the molecule is Cc1ccc(C(C)N2CCC(N)CC2C)cc1[N+](=O)[O-]. The molecule has 1 aliphatic heterocycles. The molecule has 1 fully saturated rings. The minimum Gasteiger partial charge on any atom is -0.328 e. The minimum atomic E-state index is -0.304. The van der Waals surface area contributed by atoms with E-state index in [-0.39, 0.29) is 22.7 Å². The van der Waals surface area contributed by atoms with E-state index in [1.807, 2.05) is 12.1 Å².